The number of nitrogens with one attached hydrogen (secondary N) is 2. The fourth-order valence-electron chi connectivity index (χ4n) is 3.24. The molecule has 6 nitrogen and oxygen atoms in total. The first kappa shape index (κ1) is 18.5. The number of phenolic OH excluding ortho intramolecular Hbond substituents is 1. The summed E-state index contributed by atoms with van der Waals surface area (Å²) in [4.78, 5) is 18.7. The largest absolute Gasteiger partial charge is 0.508 e. The molecule has 0 aliphatic carbocycles. The number of amides is 2. The van der Waals surface area contributed by atoms with Gasteiger partial charge in [-0.2, -0.15) is 0 Å². The molecule has 2 heterocycles. The van der Waals surface area contributed by atoms with Gasteiger partial charge in [-0.15, -0.1) is 0 Å². The fraction of sp³-hybridized carbons (Fsp3) is 0.368. The lowest BCUT2D eigenvalue weighted by molar-refractivity contribution is 0.183. The molecule has 138 valence electrons. The third-order valence-electron chi connectivity index (χ3n) is 4.46. The Hall–Kier alpha value is -2.31. The Bertz CT molecular complexity index is 784. The van der Waals surface area contributed by atoms with Crippen molar-refractivity contribution in [3.63, 3.8) is 0 Å². The SMILES string of the molecule is Cc1nc(Cl)ccc1NC(=O)NC1CCCN(Cc2cccc(O)c2)C1. The summed E-state index contributed by atoms with van der Waals surface area (Å²) in [5.74, 6) is 0.278. The number of hydrogen-bond donors (Lipinski definition) is 3. The van der Waals surface area contributed by atoms with Crippen LogP contribution in [0.15, 0.2) is 36.4 Å². The molecule has 0 radical (unpaired) electrons. The molecule has 1 aromatic carbocycles. The third-order valence-corrected chi connectivity index (χ3v) is 4.67. The average Bonchev–Trinajstić information content (AvgIpc) is 2.58. The second-order valence-electron chi connectivity index (χ2n) is 6.61. The molecule has 2 aromatic rings. The smallest absolute Gasteiger partial charge is 0.319 e. The van der Waals surface area contributed by atoms with Crippen LogP contribution in [0.5, 0.6) is 5.75 Å². The first-order valence-corrected chi connectivity index (χ1v) is 9.08. The summed E-state index contributed by atoms with van der Waals surface area (Å²) in [7, 11) is 0. The summed E-state index contributed by atoms with van der Waals surface area (Å²) in [6.07, 6.45) is 1.97. The van der Waals surface area contributed by atoms with Gasteiger partial charge in [-0.25, -0.2) is 9.78 Å². The number of pyridine rings is 1. The quantitative estimate of drug-likeness (QED) is 0.715. The van der Waals surface area contributed by atoms with Gasteiger partial charge in [0, 0.05) is 19.1 Å². The lowest BCUT2D eigenvalue weighted by Gasteiger charge is -2.33. The van der Waals surface area contributed by atoms with Gasteiger partial charge in [0.2, 0.25) is 0 Å². The highest BCUT2D eigenvalue weighted by Crippen LogP contribution is 2.18. The number of urea groups is 1. The van der Waals surface area contributed by atoms with Crippen molar-refractivity contribution < 1.29 is 9.90 Å². The van der Waals surface area contributed by atoms with Crippen LogP contribution in [0, 0.1) is 6.92 Å². The van der Waals surface area contributed by atoms with Gasteiger partial charge in [0.15, 0.2) is 0 Å². The van der Waals surface area contributed by atoms with Crippen molar-refractivity contribution in [2.75, 3.05) is 18.4 Å². The second kappa shape index (κ2) is 8.38. The number of hydrogen-bond acceptors (Lipinski definition) is 4. The molecule has 1 aromatic heterocycles. The monoisotopic (exact) mass is 374 g/mol. The van der Waals surface area contributed by atoms with Gasteiger partial charge in [-0.05, 0) is 56.1 Å². The summed E-state index contributed by atoms with van der Waals surface area (Å²) in [6, 6.07) is 10.5. The molecule has 1 aliphatic rings. The van der Waals surface area contributed by atoms with Crippen molar-refractivity contribution in [3.05, 3.63) is 52.8 Å². The number of halogens is 1. The van der Waals surface area contributed by atoms with E-state index >= 15 is 0 Å². The van der Waals surface area contributed by atoms with Crippen LogP contribution in [0.3, 0.4) is 0 Å². The van der Waals surface area contributed by atoms with E-state index in [0.29, 0.717) is 16.5 Å². The predicted molar refractivity (Wildman–Crippen MR) is 103 cm³/mol. The maximum Gasteiger partial charge on any atom is 0.319 e. The minimum Gasteiger partial charge on any atom is -0.508 e. The zero-order valence-electron chi connectivity index (χ0n) is 14.7. The van der Waals surface area contributed by atoms with Gasteiger partial charge in [-0.1, -0.05) is 23.7 Å². The number of carbonyl (C=O) groups is 1. The van der Waals surface area contributed by atoms with E-state index in [2.05, 4.69) is 20.5 Å². The van der Waals surface area contributed by atoms with E-state index in [1.807, 2.05) is 12.1 Å². The van der Waals surface area contributed by atoms with Crippen molar-refractivity contribution in [2.24, 2.45) is 0 Å². The number of phenols is 1. The van der Waals surface area contributed by atoms with Crippen LogP contribution in [0.1, 0.15) is 24.1 Å². The number of anilines is 1. The summed E-state index contributed by atoms with van der Waals surface area (Å²) < 4.78 is 0. The average molecular weight is 375 g/mol. The Morgan fingerprint density at radius 2 is 2.23 bits per heavy atom. The zero-order chi connectivity index (χ0) is 18.5. The van der Waals surface area contributed by atoms with E-state index < -0.39 is 0 Å². The molecule has 0 spiro atoms. The molecule has 2 amide bonds. The van der Waals surface area contributed by atoms with Gasteiger partial charge >= 0.3 is 6.03 Å². The van der Waals surface area contributed by atoms with Gasteiger partial charge in [0.25, 0.3) is 0 Å². The number of likely N-dealkylation sites (tertiary alicyclic amines) is 1. The number of aromatic hydroxyl groups is 1. The minimum absolute atomic E-state index is 0.0848. The maximum absolute atomic E-state index is 12.3. The van der Waals surface area contributed by atoms with Crippen LogP contribution >= 0.6 is 11.6 Å². The first-order valence-electron chi connectivity index (χ1n) is 8.70. The molecule has 1 atom stereocenters. The molecule has 26 heavy (non-hydrogen) atoms. The van der Waals surface area contributed by atoms with Crippen LogP contribution in [0.25, 0.3) is 0 Å². The number of carbonyl (C=O) groups excluding carboxylic acids is 1. The third kappa shape index (κ3) is 5.09. The van der Waals surface area contributed by atoms with E-state index in [0.717, 1.165) is 38.0 Å². The molecule has 0 bridgehead atoms. The molecule has 1 saturated heterocycles. The lowest BCUT2D eigenvalue weighted by Crippen LogP contribution is -2.48. The normalized spacial score (nSPS) is 17.7. The van der Waals surface area contributed by atoms with Gasteiger partial charge < -0.3 is 15.7 Å². The molecular weight excluding hydrogens is 352 g/mol. The Balaban J connectivity index is 1.53. The van der Waals surface area contributed by atoms with E-state index in [9.17, 15) is 9.90 Å². The molecule has 1 unspecified atom stereocenters. The molecular formula is C19H23ClN4O2. The van der Waals surface area contributed by atoms with Crippen molar-refractivity contribution in [1.82, 2.24) is 15.2 Å². The summed E-state index contributed by atoms with van der Waals surface area (Å²) in [5, 5.41) is 15.9. The highest BCUT2D eigenvalue weighted by molar-refractivity contribution is 6.29. The van der Waals surface area contributed by atoms with Crippen LogP contribution in [-0.2, 0) is 6.54 Å². The molecule has 3 rings (SSSR count). The highest BCUT2D eigenvalue weighted by Gasteiger charge is 2.21. The van der Waals surface area contributed by atoms with Gasteiger partial charge in [0.05, 0.1) is 11.4 Å². The second-order valence-corrected chi connectivity index (χ2v) is 7.00. The minimum atomic E-state index is -0.235. The molecule has 7 heteroatoms. The van der Waals surface area contributed by atoms with Gasteiger partial charge in [0.1, 0.15) is 10.9 Å². The number of benzene rings is 1. The Morgan fingerprint density at radius 1 is 1.38 bits per heavy atom. The topological polar surface area (TPSA) is 77.5 Å². The van der Waals surface area contributed by atoms with E-state index in [1.54, 1.807) is 31.2 Å². The number of nitrogens with zero attached hydrogens (tertiary/aromatic N) is 2. The molecule has 3 N–H and O–H groups in total. The van der Waals surface area contributed by atoms with Crippen molar-refractivity contribution >= 4 is 23.3 Å². The van der Waals surface area contributed by atoms with Gasteiger partial charge in [-0.3, -0.25) is 4.90 Å². The molecule has 1 fully saturated rings. The summed E-state index contributed by atoms with van der Waals surface area (Å²) in [6.45, 7) is 4.32. The Labute approximate surface area is 158 Å². The van der Waals surface area contributed by atoms with Crippen molar-refractivity contribution in [2.45, 2.75) is 32.4 Å². The molecule has 1 aliphatic heterocycles. The van der Waals surface area contributed by atoms with Crippen LogP contribution < -0.4 is 10.6 Å². The van der Waals surface area contributed by atoms with Crippen molar-refractivity contribution in [1.29, 1.82) is 0 Å². The lowest BCUT2D eigenvalue weighted by atomic mass is 10.0. The van der Waals surface area contributed by atoms with E-state index in [1.165, 1.54) is 0 Å². The number of aryl methyl sites for hydroxylation is 1. The van der Waals surface area contributed by atoms with E-state index in [4.69, 9.17) is 11.6 Å². The highest BCUT2D eigenvalue weighted by atomic mass is 35.5. The number of rotatable bonds is 4. The van der Waals surface area contributed by atoms with E-state index in [-0.39, 0.29) is 17.8 Å². The van der Waals surface area contributed by atoms with Crippen LogP contribution in [0.2, 0.25) is 5.15 Å². The Morgan fingerprint density at radius 3 is 3.00 bits per heavy atom. The summed E-state index contributed by atoms with van der Waals surface area (Å²) in [5.41, 5.74) is 2.40. The van der Waals surface area contributed by atoms with Crippen LogP contribution in [0.4, 0.5) is 10.5 Å². The first-order chi connectivity index (χ1) is 12.5. The predicted octanol–water partition coefficient (Wildman–Crippen LogP) is 3.54. The Kier molecular flexibility index (Phi) is 5.96. The maximum atomic E-state index is 12.3. The van der Waals surface area contributed by atoms with Crippen LogP contribution in [-0.4, -0.2) is 40.2 Å². The zero-order valence-corrected chi connectivity index (χ0v) is 15.5. The molecule has 0 saturated carbocycles. The summed E-state index contributed by atoms with van der Waals surface area (Å²) >= 11 is 5.84. The number of piperidine rings is 1. The number of aromatic nitrogens is 1. The standard InChI is InChI=1S/C19H23ClN4O2/c1-13-17(7-8-18(20)21-13)23-19(26)22-15-5-3-9-24(12-15)11-14-4-2-6-16(25)10-14/h2,4,6-8,10,15,25H,3,5,9,11-12H2,1H3,(H2,22,23,26). The van der Waals surface area contributed by atoms with Crippen molar-refractivity contribution in [3.8, 4) is 5.75 Å². The fourth-order valence-corrected chi connectivity index (χ4v) is 3.43.